The second-order valence-electron chi connectivity index (χ2n) is 4.53. The van der Waals surface area contributed by atoms with Gasteiger partial charge < -0.3 is 15.4 Å². The van der Waals surface area contributed by atoms with Crippen LogP contribution in [0.1, 0.15) is 23.7 Å². The zero-order valence-corrected chi connectivity index (χ0v) is 10.4. The highest BCUT2D eigenvalue weighted by atomic mass is 19.1. The third-order valence-electron chi connectivity index (χ3n) is 2.96. The van der Waals surface area contributed by atoms with Crippen molar-refractivity contribution < 1.29 is 13.9 Å². The number of ether oxygens (including phenoxy) is 1. The fourth-order valence-corrected chi connectivity index (χ4v) is 2.06. The van der Waals surface area contributed by atoms with Gasteiger partial charge in [-0.3, -0.25) is 4.79 Å². The van der Waals surface area contributed by atoms with Crippen LogP contribution in [0, 0.1) is 5.82 Å². The Morgan fingerprint density at radius 2 is 2.33 bits per heavy atom. The van der Waals surface area contributed by atoms with Gasteiger partial charge in [0, 0.05) is 25.4 Å². The third-order valence-corrected chi connectivity index (χ3v) is 2.96. The van der Waals surface area contributed by atoms with Crippen LogP contribution < -0.4 is 5.73 Å². The van der Waals surface area contributed by atoms with Crippen LogP contribution in [-0.2, 0) is 4.74 Å². The maximum absolute atomic E-state index is 13.6. The van der Waals surface area contributed by atoms with E-state index in [1.54, 1.807) is 4.90 Å². The molecule has 2 rings (SSSR count). The number of nitrogens with two attached hydrogens (primary N) is 1. The van der Waals surface area contributed by atoms with E-state index in [9.17, 15) is 9.18 Å². The molecule has 0 aliphatic carbocycles. The lowest BCUT2D eigenvalue weighted by molar-refractivity contribution is 0.0560. The summed E-state index contributed by atoms with van der Waals surface area (Å²) in [5, 5.41) is 0. The molecule has 1 aromatic carbocycles. The molecule has 4 nitrogen and oxygen atoms in total. The van der Waals surface area contributed by atoms with Crippen molar-refractivity contribution in [2.75, 3.05) is 25.4 Å². The Morgan fingerprint density at radius 3 is 3.11 bits per heavy atom. The number of carbonyl (C=O) groups is 1. The summed E-state index contributed by atoms with van der Waals surface area (Å²) >= 11 is 0. The van der Waals surface area contributed by atoms with Gasteiger partial charge in [0.05, 0.1) is 11.7 Å². The number of nitrogens with zero attached hydrogens (tertiary/aromatic N) is 1. The molecule has 5 heteroatoms. The lowest BCUT2D eigenvalue weighted by atomic mass is 10.1. The molecule has 1 atom stereocenters. The molecule has 1 fully saturated rings. The Morgan fingerprint density at radius 1 is 1.56 bits per heavy atom. The molecule has 0 saturated carbocycles. The maximum atomic E-state index is 13.6. The topological polar surface area (TPSA) is 55.6 Å². The van der Waals surface area contributed by atoms with Gasteiger partial charge >= 0.3 is 0 Å². The Labute approximate surface area is 106 Å². The monoisotopic (exact) mass is 252 g/mol. The summed E-state index contributed by atoms with van der Waals surface area (Å²) in [4.78, 5) is 13.9. The summed E-state index contributed by atoms with van der Waals surface area (Å²) in [5.74, 6) is -0.857. The molecule has 0 bridgehead atoms. The van der Waals surface area contributed by atoms with Crippen LogP contribution in [0.15, 0.2) is 18.2 Å². The van der Waals surface area contributed by atoms with Gasteiger partial charge in [-0.15, -0.1) is 0 Å². The summed E-state index contributed by atoms with van der Waals surface area (Å²) in [6.45, 7) is 3.59. The van der Waals surface area contributed by atoms with Gasteiger partial charge in [0.25, 0.3) is 5.91 Å². The van der Waals surface area contributed by atoms with Crippen LogP contribution in [0.2, 0.25) is 0 Å². The van der Waals surface area contributed by atoms with Gasteiger partial charge in [-0.05, 0) is 31.5 Å². The molecule has 2 N–H and O–H groups in total. The van der Waals surface area contributed by atoms with Crippen LogP contribution in [0.25, 0.3) is 0 Å². The first kappa shape index (κ1) is 12.8. The highest BCUT2D eigenvalue weighted by molar-refractivity contribution is 5.95. The normalized spacial score (nSPS) is 20.6. The van der Waals surface area contributed by atoms with Crippen molar-refractivity contribution >= 4 is 11.6 Å². The molecule has 1 aromatic rings. The van der Waals surface area contributed by atoms with E-state index < -0.39 is 5.82 Å². The molecule has 1 aliphatic heterocycles. The summed E-state index contributed by atoms with van der Waals surface area (Å²) in [6, 6.07) is 4.05. The molecule has 1 amide bonds. The van der Waals surface area contributed by atoms with E-state index in [0.717, 1.165) is 6.42 Å². The van der Waals surface area contributed by atoms with Gasteiger partial charge in [-0.1, -0.05) is 0 Å². The van der Waals surface area contributed by atoms with Crippen molar-refractivity contribution in [2.24, 2.45) is 0 Å². The lowest BCUT2D eigenvalue weighted by Gasteiger charge is -2.22. The Kier molecular flexibility index (Phi) is 3.81. The van der Waals surface area contributed by atoms with Crippen molar-refractivity contribution in [3.05, 3.63) is 29.6 Å². The van der Waals surface area contributed by atoms with Gasteiger partial charge in [0.1, 0.15) is 5.82 Å². The predicted molar refractivity (Wildman–Crippen MR) is 66.7 cm³/mol. The van der Waals surface area contributed by atoms with E-state index in [1.165, 1.54) is 18.2 Å². The fraction of sp³-hybridized carbons (Fsp3) is 0.462. The number of hydrogen-bond acceptors (Lipinski definition) is 3. The fourth-order valence-electron chi connectivity index (χ4n) is 2.06. The summed E-state index contributed by atoms with van der Waals surface area (Å²) < 4.78 is 19.1. The Hall–Kier alpha value is -1.62. The third kappa shape index (κ3) is 2.79. The van der Waals surface area contributed by atoms with Crippen LogP contribution in [0.4, 0.5) is 10.1 Å². The van der Waals surface area contributed by atoms with E-state index >= 15 is 0 Å². The zero-order chi connectivity index (χ0) is 13.1. The molecule has 98 valence electrons. The largest absolute Gasteiger partial charge is 0.399 e. The summed E-state index contributed by atoms with van der Waals surface area (Å²) in [6.07, 6.45) is 0.737. The van der Waals surface area contributed by atoms with Gasteiger partial charge in [-0.2, -0.15) is 0 Å². The average molecular weight is 252 g/mol. The number of nitrogen functional groups attached to an aromatic ring is 1. The first-order valence-corrected chi connectivity index (χ1v) is 6.04. The molecular formula is C13H17FN2O2. The van der Waals surface area contributed by atoms with E-state index in [2.05, 4.69) is 0 Å². The number of hydrogen-bond donors (Lipinski definition) is 1. The maximum Gasteiger partial charge on any atom is 0.256 e. The van der Waals surface area contributed by atoms with Crippen molar-refractivity contribution in [1.29, 1.82) is 0 Å². The number of amides is 1. The number of carbonyl (C=O) groups excluding carboxylic acids is 1. The molecule has 1 unspecified atom stereocenters. The average Bonchev–Trinajstić information content (AvgIpc) is 2.56. The van der Waals surface area contributed by atoms with Crippen LogP contribution in [-0.4, -0.2) is 36.6 Å². The molecule has 1 saturated heterocycles. The van der Waals surface area contributed by atoms with Crippen molar-refractivity contribution in [1.82, 2.24) is 4.90 Å². The number of benzene rings is 1. The molecular weight excluding hydrogens is 235 g/mol. The first-order valence-electron chi connectivity index (χ1n) is 6.04. The van der Waals surface area contributed by atoms with Gasteiger partial charge in [-0.25, -0.2) is 4.39 Å². The SMILES string of the molecule is CC1CN(C(=O)c2cc(N)ccc2F)CCCO1. The second-order valence-corrected chi connectivity index (χ2v) is 4.53. The lowest BCUT2D eigenvalue weighted by Crippen LogP contribution is -2.36. The molecule has 0 aromatic heterocycles. The van der Waals surface area contributed by atoms with E-state index in [0.29, 0.717) is 25.4 Å². The van der Waals surface area contributed by atoms with E-state index in [1.807, 2.05) is 6.92 Å². The minimum atomic E-state index is -0.535. The Balaban J connectivity index is 2.21. The molecule has 1 aliphatic rings. The van der Waals surface area contributed by atoms with Crippen LogP contribution >= 0.6 is 0 Å². The number of anilines is 1. The summed E-state index contributed by atoms with van der Waals surface area (Å²) in [5.41, 5.74) is 6.01. The van der Waals surface area contributed by atoms with Gasteiger partial charge in [0.15, 0.2) is 0 Å². The zero-order valence-electron chi connectivity index (χ0n) is 10.4. The highest BCUT2D eigenvalue weighted by Gasteiger charge is 2.23. The molecule has 0 radical (unpaired) electrons. The van der Waals surface area contributed by atoms with Crippen LogP contribution in [0.5, 0.6) is 0 Å². The Bertz CT molecular complexity index is 451. The number of rotatable bonds is 1. The number of halogens is 1. The summed E-state index contributed by atoms with van der Waals surface area (Å²) in [7, 11) is 0. The first-order chi connectivity index (χ1) is 8.58. The van der Waals surface area contributed by atoms with E-state index in [-0.39, 0.29) is 17.6 Å². The van der Waals surface area contributed by atoms with Crippen LogP contribution in [0.3, 0.4) is 0 Å². The van der Waals surface area contributed by atoms with E-state index in [4.69, 9.17) is 10.5 Å². The smallest absolute Gasteiger partial charge is 0.256 e. The minimum Gasteiger partial charge on any atom is -0.399 e. The van der Waals surface area contributed by atoms with Crippen molar-refractivity contribution in [2.45, 2.75) is 19.4 Å². The quantitative estimate of drug-likeness (QED) is 0.773. The highest BCUT2D eigenvalue weighted by Crippen LogP contribution is 2.16. The van der Waals surface area contributed by atoms with Gasteiger partial charge in [0.2, 0.25) is 0 Å². The predicted octanol–water partition coefficient (Wildman–Crippen LogP) is 1.66. The minimum absolute atomic E-state index is 0.0272. The molecule has 18 heavy (non-hydrogen) atoms. The van der Waals surface area contributed by atoms with Crippen molar-refractivity contribution in [3.8, 4) is 0 Å². The standard InChI is InChI=1S/C13H17FN2O2/c1-9-8-16(5-2-6-18-9)13(17)11-7-10(15)3-4-12(11)14/h3-4,7,9H,2,5-6,8,15H2,1H3. The second kappa shape index (κ2) is 5.35. The van der Waals surface area contributed by atoms with Crippen molar-refractivity contribution in [3.63, 3.8) is 0 Å². The molecule has 1 heterocycles. The molecule has 0 spiro atoms.